The number of sulfonamides is 1. The lowest BCUT2D eigenvalue weighted by Crippen LogP contribution is -2.27. The standard InChI is InChI=1S/C16H21ClN4O2S/c1-10-15-14(4-5-18-10)16(21(2)20-15)12-6-11(7-13(17)8-12)9-19-24(3,22)23/h6-8,10,18-19H,4-5,9H2,1-3H3. The average molecular weight is 369 g/mol. The van der Waals surface area contributed by atoms with Gasteiger partial charge in [0.25, 0.3) is 0 Å². The molecule has 130 valence electrons. The molecule has 0 saturated carbocycles. The first-order chi connectivity index (χ1) is 11.2. The van der Waals surface area contributed by atoms with E-state index in [0.29, 0.717) is 5.02 Å². The first-order valence-corrected chi connectivity index (χ1v) is 10.0. The van der Waals surface area contributed by atoms with E-state index in [1.54, 1.807) is 6.07 Å². The summed E-state index contributed by atoms with van der Waals surface area (Å²) in [5.41, 5.74) is 5.11. The summed E-state index contributed by atoms with van der Waals surface area (Å²) in [4.78, 5) is 0. The van der Waals surface area contributed by atoms with E-state index in [-0.39, 0.29) is 12.6 Å². The van der Waals surface area contributed by atoms with E-state index in [4.69, 9.17) is 11.6 Å². The van der Waals surface area contributed by atoms with Crippen LogP contribution >= 0.6 is 11.6 Å². The average Bonchev–Trinajstić information content (AvgIpc) is 2.81. The van der Waals surface area contributed by atoms with Crippen molar-refractivity contribution in [3.63, 3.8) is 0 Å². The fourth-order valence-corrected chi connectivity index (χ4v) is 3.84. The molecule has 0 spiro atoms. The zero-order valence-corrected chi connectivity index (χ0v) is 15.5. The summed E-state index contributed by atoms with van der Waals surface area (Å²) in [5, 5.41) is 8.64. The van der Waals surface area contributed by atoms with E-state index < -0.39 is 10.0 Å². The topological polar surface area (TPSA) is 76.0 Å². The lowest BCUT2D eigenvalue weighted by molar-refractivity contribution is 0.525. The summed E-state index contributed by atoms with van der Waals surface area (Å²) in [6.45, 7) is 3.23. The lowest BCUT2D eigenvalue weighted by atomic mass is 9.96. The van der Waals surface area contributed by atoms with Crippen LogP contribution in [0.25, 0.3) is 11.3 Å². The number of nitrogens with zero attached hydrogens (tertiary/aromatic N) is 2. The highest BCUT2D eigenvalue weighted by atomic mass is 35.5. The Bertz CT molecular complexity index is 876. The van der Waals surface area contributed by atoms with Gasteiger partial charge in [-0.2, -0.15) is 5.10 Å². The van der Waals surface area contributed by atoms with Gasteiger partial charge in [0.2, 0.25) is 10.0 Å². The van der Waals surface area contributed by atoms with E-state index >= 15 is 0 Å². The number of benzene rings is 1. The molecule has 0 saturated heterocycles. The van der Waals surface area contributed by atoms with Crippen LogP contribution in [0.4, 0.5) is 0 Å². The number of fused-ring (bicyclic) bond motifs is 1. The molecular formula is C16H21ClN4O2S. The zero-order chi connectivity index (χ0) is 17.5. The van der Waals surface area contributed by atoms with Gasteiger partial charge in [0, 0.05) is 35.8 Å². The first kappa shape index (κ1) is 17.4. The largest absolute Gasteiger partial charge is 0.308 e. The number of nitrogens with one attached hydrogen (secondary N) is 2. The van der Waals surface area contributed by atoms with Crippen LogP contribution in [0.5, 0.6) is 0 Å². The molecule has 0 fully saturated rings. The Morgan fingerprint density at radius 1 is 1.42 bits per heavy atom. The van der Waals surface area contributed by atoms with Gasteiger partial charge in [-0.25, -0.2) is 13.1 Å². The van der Waals surface area contributed by atoms with Gasteiger partial charge in [0.15, 0.2) is 0 Å². The number of hydrogen-bond donors (Lipinski definition) is 2. The molecule has 6 nitrogen and oxygen atoms in total. The molecule has 0 aliphatic carbocycles. The van der Waals surface area contributed by atoms with Gasteiger partial charge in [-0.05, 0) is 43.7 Å². The number of halogens is 1. The molecule has 0 bridgehead atoms. The molecule has 1 aromatic carbocycles. The van der Waals surface area contributed by atoms with Crippen LogP contribution in [-0.2, 0) is 30.0 Å². The zero-order valence-electron chi connectivity index (χ0n) is 13.9. The van der Waals surface area contributed by atoms with Crippen LogP contribution < -0.4 is 10.0 Å². The van der Waals surface area contributed by atoms with Crippen molar-refractivity contribution < 1.29 is 8.42 Å². The van der Waals surface area contributed by atoms with Crippen molar-refractivity contribution in [1.29, 1.82) is 0 Å². The Hall–Kier alpha value is -1.41. The van der Waals surface area contributed by atoms with Crippen molar-refractivity contribution >= 4 is 21.6 Å². The molecule has 24 heavy (non-hydrogen) atoms. The van der Waals surface area contributed by atoms with E-state index in [1.165, 1.54) is 5.56 Å². The Kier molecular flexibility index (Phi) is 4.70. The maximum atomic E-state index is 11.3. The summed E-state index contributed by atoms with van der Waals surface area (Å²) in [6, 6.07) is 5.86. The highest BCUT2D eigenvalue weighted by Gasteiger charge is 2.25. The first-order valence-electron chi connectivity index (χ1n) is 7.78. The molecular weight excluding hydrogens is 348 g/mol. The number of aryl methyl sites for hydroxylation is 1. The second-order valence-corrected chi connectivity index (χ2v) is 8.47. The van der Waals surface area contributed by atoms with Crippen molar-refractivity contribution in [2.24, 2.45) is 7.05 Å². The highest BCUT2D eigenvalue weighted by Crippen LogP contribution is 2.33. The molecule has 2 N–H and O–H groups in total. The minimum absolute atomic E-state index is 0.213. The van der Waals surface area contributed by atoms with Gasteiger partial charge in [-0.15, -0.1) is 0 Å². The smallest absolute Gasteiger partial charge is 0.209 e. The van der Waals surface area contributed by atoms with Gasteiger partial charge in [-0.1, -0.05) is 11.6 Å². The fraction of sp³-hybridized carbons (Fsp3) is 0.438. The SMILES string of the molecule is CC1NCCc2c1nn(C)c2-c1cc(Cl)cc(CNS(C)(=O)=O)c1. The monoisotopic (exact) mass is 368 g/mol. The minimum Gasteiger partial charge on any atom is -0.308 e. The maximum absolute atomic E-state index is 11.3. The Morgan fingerprint density at radius 2 is 2.17 bits per heavy atom. The minimum atomic E-state index is -3.25. The van der Waals surface area contributed by atoms with Crippen molar-refractivity contribution in [2.75, 3.05) is 12.8 Å². The number of hydrogen-bond acceptors (Lipinski definition) is 4. The summed E-state index contributed by atoms with van der Waals surface area (Å²) in [5.74, 6) is 0. The van der Waals surface area contributed by atoms with E-state index in [1.807, 2.05) is 23.9 Å². The summed E-state index contributed by atoms with van der Waals surface area (Å²) < 4.78 is 27.0. The molecule has 1 aliphatic rings. The van der Waals surface area contributed by atoms with Gasteiger partial charge in [-0.3, -0.25) is 4.68 Å². The predicted molar refractivity (Wildman–Crippen MR) is 95.5 cm³/mol. The summed E-state index contributed by atoms with van der Waals surface area (Å²) in [6.07, 6.45) is 2.05. The normalized spacial score (nSPS) is 17.8. The fourth-order valence-electron chi connectivity index (χ4n) is 3.16. The third kappa shape index (κ3) is 3.64. The molecule has 3 rings (SSSR count). The van der Waals surface area contributed by atoms with Crippen LogP contribution in [-0.4, -0.2) is 31.0 Å². The van der Waals surface area contributed by atoms with E-state index in [9.17, 15) is 8.42 Å². The number of rotatable bonds is 4. The third-order valence-electron chi connectivity index (χ3n) is 4.18. The molecule has 2 aromatic rings. The van der Waals surface area contributed by atoms with Crippen LogP contribution in [0.2, 0.25) is 5.02 Å². The molecule has 2 heterocycles. The van der Waals surface area contributed by atoms with Gasteiger partial charge < -0.3 is 5.32 Å². The Labute approximate surface area is 147 Å². The van der Waals surface area contributed by atoms with Crippen LogP contribution in [0.1, 0.15) is 29.8 Å². The highest BCUT2D eigenvalue weighted by molar-refractivity contribution is 7.88. The lowest BCUT2D eigenvalue weighted by Gasteiger charge is -2.19. The van der Waals surface area contributed by atoms with Gasteiger partial charge in [0.1, 0.15) is 0 Å². The quantitative estimate of drug-likeness (QED) is 0.865. The van der Waals surface area contributed by atoms with Gasteiger partial charge in [0.05, 0.1) is 17.6 Å². The Morgan fingerprint density at radius 3 is 2.88 bits per heavy atom. The van der Waals surface area contributed by atoms with E-state index in [0.717, 1.165) is 41.7 Å². The molecule has 8 heteroatoms. The van der Waals surface area contributed by atoms with Gasteiger partial charge >= 0.3 is 0 Å². The third-order valence-corrected chi connectivity index (χ3v) is 5.07. The van der Waals surface area contributed by atoms with Crippen LogP contribution in [0, 0.1) is 0 Å². The second kappa shape index (κ2) is 6.48. The summed E-state index contributed by atoms with van der Waals surface area (Å²) >= 11 is 6.26. The van der Waals surface area contributed by atoms with E-state index in [2.05, 4.69) is 22.1 Å². The predicted octanol–water partition coefficient (Wildman–Crippen LogP) is 2.00. The molecule has 0 radical (unpaired) electrons. The molecule has 0 amide bonds. The van der Waals surface area contributed by atoms with Crippen molar-refractivity contribution in [2.45, 2.75) is 25.9 Å². The van der Waals surface area contributed by atoms with Crippen LogP contribution in [0.3, 0.4) is 0 Å². The molecule has 1 unspecified atom stereocenters. The van der Waals surface area contributed by atoms with Crippen molar-refractivity contribution in [3.8, 4) is 11.3 Å². The summed E-state index contributed by atoms with van der Waals surface area (Å²) in [7, 11) is -1.32. The van der Waals surface area contributed by atoms with Crippen molar-refractivity contribution in [3.05, 3.63) is 40.0 Å². The Balaban J connectivity index is 2.03. The molecule has 1 atom stereocenters. The van der Waals surface area contributed by atoms with Crippen molar-refractivity contribution in [1.82, 2.24) is 19.8 Å². The molecule has 1 aliphatic heterocycles. The second-order valence-electron chi connectivity index (χ2n) is 6.20. The van der Waals surface area contributed by atoms with Crippen LogP contribution in [0.15, 0.2) is 18.2 Å². The number of aromatic nitrogens is 2. The maximum Gasteiger partial charge on any atom is 0.209 e. The molecule has 1 aromatic heterocycles.